The van der Waals surface area contributed by atoms with Crippen molar-refractivity contribution in [1.29, 1.82) is 0 Å². The van der Waals surface area contributed by atoms with Crippen LogP contribution in [0.3, 0.4) is 0 Å². The predicted molar refractivity (Wildman–Crippen MR) is 134 cm³/mol. The molecule has 7 heteroatoms. The van der Waals surface area contributed by atoms with E-state index in [2.05, 4.69) is 17.6 Å². The molecule has 1 atom stereocenters. The second-order valence-electron chi connectivity index (χ2n) is 9.42. The number of benzene rings is 1. The van der Waals surface area contributed by atoms with E-state index in [0.717, 1.165) is 12.8 Å². The number of hydrogen-bond acceptors (Lipinski definition) is 5. The molecule has 1 aromatic carbocycles. The summed E-state index contributed by atoms with van der Waals surface area (Å²) >= 11 is 0. The van der Waals surface area contributed by atoms with E-state index in [-0.39, 0.29) is 40.6 Å². The quantitative estimate of drug-likeness (QED) is 0.166. The van der Waals surface area contributed by atoms with E-state index in [1.165, 1.54) is 109 Å². The van der Waals surface area contributed by atoms with Crippen molar-refractivity contribution in [2.24, 2.45) is 0 Å². The van der Waals surface area contributed by atoms with Gasteiger partial charge in [-0.2, -0.15) is 0 Å². The van der Waals surface area contributed by atoms with Crippen molar-refractivity contribution < 1.29 is 42.5 Å². The van der Waals surface area contributed by atoms with E-state index < -0.39 is 10.1 Å². The van der Waals surface area contributed by atoms with Crippen molar-refractivity contribution in [1.82, 2.24) is 0 Å². The third-order valence-corrected chi connectivity index (χ3v) is 7.42. The third-order valence-electron chi connectivity index (χ3n) is 6.54. The fourth-order valence-corrected chi connectivity index (χ4v) is 5.29. The van der Waals surface area contributed by atoms with Crippen LogP contribution >= 0.6 is 0 Å². The Labute approximate surface area is 225 Å². The fourth-order valence-electron chi connectivity index (χ4n) is 4.62. The largest absolute Gasteiger partial charge is 1.00 e. The van der Waals surface area contributed by atoms with Gasteiger partial charge in [0.1, 0.15) is 10.1 Å². The summed E-state index contributed by atoms with van der Waals surface area (Å²) in [4.78, 5) is -0.160. The average molecular weight is 489 g/mol. The summed E-state index contributed by atoms with van der Waals surface area (Å²) in [5.74, 6) is 0. The van der Waals surface area contributed by atoms with Crippen LogP contribution in [0.15, 0.2) is 23.1 Å². The number of rotatable bonds is 19. The summed E-state index contributed by atoms with van der Waals surface area (Å²) in [6.45, 7) is 2.28. The van der Waals surface area contributed by atoms with Crippen molar-refractivity contribution >= 4 is 21.5 Å². The second-order valence-corrected chi connectivity index (χ2v) is 10.8. The van der Waals surface area contributed by atoms with Crippen LogP contribution in [0.25, 0.3) is 0 Å². The van der Waals surface area contributed by atoms with Crippen LogP contribution in [0.1, 0.15) is 122 Å². The van der Waals surface area contributed by atoms with Gasteiger partial charge in [0, 0.05) is 0 Å². The zero-order valence-corrected chi connectivity index (χ0v) is 24.0. The second kappa shape index (κ2) is 18.1. The number of anilines is 2. The van der Waals surface area contributed by atoms with Gasteiger partial charge in [-0.05, 0) is 25.0 Å². The first-order valence-electron chi connectivity index (χ1n) is 13.1. The molecule has 1 aliphatic heterocycles. The average Bonchev–Trinajstić information content (AvgIpc) is 3.18. The van der Waals surface area contributed by atoms with Crippen LogP contribution < -0.4 is 40.2 Å². The van der Waals surface area contributed by atoms with Gasteiger partial charge in [-0.25, -0.2) is 8.42 Å². The molecule has 0 bridgehead atoms. The van der Waals surface area contributed by atoms with Gasteiger partial charge >= 0.3 is 29.6 Å². The Morgan fingerprint density at radius 1 is 0.727 bits per heavy atom. The number of unbranched alkanes of at least 4 members (excludes halogenated alkanes) is 16. The van der Waals surface area contributed by atoms with Crippen LogP contribution in [-0.4, -0.2) is 19.1 Å². The first kappa shape index (κ1) is 30.8. The zero-order chi connectivity index (χ0) is 23.1. The van der Waals surface area contributed by atoms with Crippen molar-refractivity contribution in [3.05, 3.63) is 18.2 Å². The third kappa shape index (κ3) is 12.8. The molecule has 2 N–H and O–H groups in total. The van der Waals surface area contributed by atoms with E-state index in [4.69, 9.17) is 0 Å². The Morgan fingerprint density at radius 2 is 1.18 bits per heavy atom. The van der Waals surface area contributed by atoms with Crippen LogP contribution in [0.2, 0.25) is 0 Å². The maximum atomic E-state index is 11.4. The number of hydrogen-bond donors (Lipinski definition) is 2. The molecule has 2 rings (SSSR count). The van der Waals surface area contributed by atoms with Crippen molar-refractivity contribution in [2.45, 2.75) is 134 Å². The molecule has 0 amide bonds. The number of nitrogens with one attached hydrogen (secondary N) is 2. The minimum Gasteiger partial charge on any atom is -0.744 e. The number of para-hydroxylation sites is 1. The van der Waals surface area contributed by atoms with Gasteiger partial charge in [0.2, 0.25) is 0 Å². The molecular formula is C26H45N2NaO3S. The molecule has 0 aromatic heterocycles. The summed E-state index contributed by atoms with van der Waals surface area (Å²) in [7, 11) is -4.46. The molecule has 1 unspecified atom stereocenters. The minimum absolute atomic E-state index is 0. The molecule has 33 heavy (non-hydrogen) atoms. The van der Waals surface area contributed by atoms with E-state index >= 15 is 0 Å². The molecule has 0 aliphatic carbocycles. The van der Waals surface area contributed by atoms with Crippen LogP contribution in [0.5, 0.6) is 0 Å². The smallest absolute Gasteiger partial charge is 0.744 e. The molecule has 0 fully saturated rings. The molecule has 5 nitrogen and oxygen atoms in total. The first-order chi connectivity index (χ1) is 15.5. The van der Waals surface area contributed by atoms with E-state index in [1.807, 2.05) is 6.07 Å². The van der Waals surface area contributed by atoms with E-state index in [1.54, 1.807) is 6.07 Å². The van der Waals surface area contributed by atoms with Gasteiger partial charge in [-0.1, -0.05) is 116 Å². The van der Waals surface area contributed by atoms with Gasteiger partial charge in [-0.3, -0.25) is 0 Å². The molecule has 1 aliphatic rings. The van der Waals surface area contributed by atoms with Crippen LogP contribution in [-0.2, 0) is 10.1 Å². The molecular weight excluding hydrogens is 443 g/mol. The molecule has 0 spiro atoms. The van der Waals surface area contributed by atoms with Crippen LogP contribution in [0, 0.1) is 0 Å². The van der Waals surface area contributed by atoms with Gasteiger partial charge in [0.25, 0.3) is 0 Å². The molecule has 1 aromatic rings. The van der Waals surface area contributed by atoms with Crippen LogP contribution in [0.4, 0.5) is 11.4 Å². The maximum Gasteiger partial charge on any atom is 1.00 e. The van der Waals surface area contributed by atoms with Gasteiger partial charge in [0.15, 0.2) is 0 Å². The van der Waals surface area contributed by atoms with Crippen molar-refractivity contribution in [3.63, 3.8) is 0 Å². The van der Waals surface area contributed by atoms with E-state index in [9.17, 15) is 13.0 Å². The summed E-state index contributed by atoms with van der Waals surface area (Å²) in [6, 6.07) is 4.79. The summed E-state index contributed by atoms with van der Waals surface area (Å²) in [6.07, 6.45) is 24.0. The monoisotopic (exact) mass is 488 g/mol. The minimum atomic E-state index is -4.46. The summed E-state index contributed by atoms with van der Waals surface area (Å²) < 4.78 is 34.2. The Bertz CT molecular complexity index is 743. The normalized spacial score (nSPS) is 14.9. The fraction of sp³-hybridized carbons (Fsp3) is 0.769. The zero-order valence-electron chi connectivity index (χ0n) is 21.2. The van der Waals surface area contributed by atoms with Gasteiger partial charge < -0.3 is 15.2 Å². The predicted octanol–water partition coefficient (Wildman–Crippen LogP) is 4.80. The topological polar surface area (TPSA) is 81.3 Å². The Hall–Kier alpha value is -0.270. The van der Waals surface area contributed by atoms with Gasteiger partial charge in [-0.15, -0.1) is 0 Å². The Morgan fingerprint density at radius 3 is 1.64 bits per heavy atom. The first-order valence-corrected chi connectivity index (χ1v) is 14.5. The Kier molecular flexibility index (Phi) is 16.8. The SMILES string of the molecule is CCCCCCCCCCCCCCCCCCCC1Nc2cccc(S(=O)(=O)[O-])c2N1.[Na+]. The van der Waals surface area contributed by atoms with Crippen molar-refractivity contribution in [3.8, 4) is 0 Å². The molecule has 1 heterocycles. The van der Waals surface area contributed by atoms with Crippen molar-refractivity contribution in [2.75, 3.05) is 10.6 Å². The summed E-state index contributed by atoms with van der Waals surface area (Å²) in [5.41, 5.74) is 1.14. The molecule has 184 valence electrons. The Balaban J connectivity index is 0.00000544. The maximum absolute atomic E-state index is 11.4. The molecule has 0 saturated heterocycles. The standard InChI is InChI=1S/C26H46N2O3S.Na/c1-2-3-4-5-6-7-8-9-10-11-12-13-14-15-16-17-18-22-25-27-23-20-19-21-24(26(23)28-25)32(29,30)31;/h19-21,25,27-28H,2-18,22H2,1H3,(H,29,30,31);/q;+1/p-1. The summed E-state index contributed by atoms with van der Waals surface area (Å²) in [5, 5.41) is 6.46. The van der Waals surface area contributed by atoms with Gasteiger partial charge in [0.05, 0.1) is 22.4 Å². The molecule has 0 saturated carbocycles. The molecule has 0 radical (unpaired) electrons. The van der Waals surface area contributed by atoms with E-state index in [0.29, 0.717) is 11.4 Å². The number of fused-ring (bicyclic) bond motifs is 1.